The normalized spacial score (nSPS) is 23.6. The van der Waals surface area contributed by atoms with Crippen LogP contribution in [0.5, 0.6) is 0 Å². The van der Waals surface area contributed by atoms with Gasteiger partial charge >= 0.3 is 0 Å². The van der Waals surface area contributed by atoms with E-state index in [9.17, 15) is 0 Å². The molecule has 2 aliphatic heterocycles. The lowest BCUT2D eigenvalue weighted by Gasteiger charge is -2.45. The summed E-state index contributed by atoms with van der Waals surface area (Å²) in [5.41, 5.74) is 5.36. The third-order valence-corrected chi connectivity index (χ3v) is 5.50. The summed E-state index contributed by atoms with van der Waals surface area (Å²) in [5, 5.41) is 0. The molecule has 2 aromatic carbocycles. The maximum Gasteiger partial charge on any atom is 0.0290 e. The summed E-state index contributed by atoms with van der Waals surface area (Å²) in [6, 6.07) is 22.7. The molecule has 1 heteroatoms. The minimum atomic E-state index is 0.563. The Morgan fingerprint density at radius 1 is 0.958 bits per heavy atom. The van der Waals surface area contributed by atoms with Crippen LogP contribution in [0.15, 0.2) is 78.9 Å². The van der Waals surface area contributed by atoms with E-state index in [2.05, 4.69) is 78.2 Å². The highest BCUT2D eigenvalue weighted by Gasteiger charge is 2.34. The quantitative estimate of drug-likeness (QED) is 0.725. The Labute approximate surface area is 145 Å². The van der Waals surface area contributed by atoms with Crippen molar-refractivity contribution < 1.29 is 0 Å². The van der Waals surface area contributed by atoms with Gasteiger partial charge in [0.25, 0.3) is 0 Å². The van der Waals surface area contributed by atoms with Gasteiger partial charge in [-0.05, 0) is 41.5 Å². The third kappa shape index (κ3) is 3.09. The Kier molecular flexibility index (Phi) is 4.36. The lowest BCUT2D eigenvalue weighted by molar-refractivity contribution is 0.0901. The van der Waals surface area contributed by atoms with Crippen LogP contribution in [0.1, 0.15) is 36.8 Å². The predicted molar refractivity (Wildman–Crippen MR) is 102 cm³/mol. The van der Waals surface area contributed by atoms with Crippen LogP contribution in [0.4, 0.5) is 0 Å². The Hall–Kier alpha value is -2.12. The van der Waals surface area contributed by atoms with Crippen molar-refractivity contribution in [1.82, 2.24) is 4.90 Å². The fourth-order valence-corrected chi connectivity index (χ4v) is 4.21. The molecule has 0 N–H and O–H groups in total. The molecule has 2 aliphatic rings. The second kappa shape index (κ2) is 6.78. The highest BCUT2D eigenvalue weighted by Crippen LogP contribution is 2.38. The van der Waals surface area contributed by atoms with Crippen molar-refractivity contribution in [1.29, 1.82) is 0 Å². The molecule has 0 amide bonds. The summed E-state index contributed by atoms with van der Waals surface area (Å²) in [6.45, 7) is 5.47. The first-order valence-corrected chi connectivity index (χ1v) is 9.06. The van der Waals surface area contributed by atoms with Gasteiger partial charge < -0.3 is 0 Å². The molecule has 2 heterocycles. The van der Waals surface area contributed by atoms with Gasteiger partial charge in [0, 0.05) is 18.6 Å². The lowest BCUT2D eigenvalue weighted by atomic mass is 9.81. The van der Waals surface area contributed by atoms with Crippen LogP contribution in [0.25, 0.3) is 5.57 Å². The first-order chi connectivity index (χ1) is 11.8. The molecule has 2 atom stereocenters. The van der Waals surface area contributed by atoms with Crippen LogP contribution in [-0.2, 0) is 6.54 Å². The van der Waals surface area contributed by atoms with E-state index >= 15 is 0 Å². The molecule has 1 saturated heterocycles. The molecule has 24 heavy (non-hydrogen) atoms. The number of hydrogen-bond donors (Lipinski definition) is 0. The molecule has 122 valence electrons. The molecule has 2 aromatic rings. The number of rotatable bonds is 4. The monoisotopic (exact) mass is 315 g/mol. The topological polar surface area (TPSA) is 3.24 Å². The van der Waals surface area contributed by atoms with E-state index in [4.69, 9.17) is 0 Å². The second-order valence-corrected chi connectivity index (χ2v) is 7.05. The summed E-state index contributed by atoms with van der Waals surface area (Å²) >= 11 is 0. The summed E-state index contributed by atoms with van der Waals surface area (Å²) in [6.07, 6.45) is 7.56. The molecular weight excluding hydrogens is 290 g/mol. The van der Waals surface area contributed by atoms with Crippen LogP contribution in [-0.4, -0.2) is 17.0 Å². The van der Waals surface area contributed by atoms with Crippen LogP contribution in [0.3, 0.4) is 0 Å². The zero-order valence-corrected chi connectivity index (χ0v) is 14.2. The Balaban J connectivity index is 1.57. The molecule has 1 nitrogen and oxygen atoms in total. The predicted octanol–water partition coefficient (Wildman–Crippen LogP) is 5.45. The maximum absolute atomic E-state index is 4.40. The highest BCUT2D eigenvalue weighted by molar-refractivity contribution is 5.77. The molecule has 0 spiro atoms. The second-order valence-electron chi connectivity index (χ2n) is 7.05. The third-order valence-electron chi connectivity index (χ3n) is 5.50. The van der Waals surface area contributed by atoms with Gasteiger partial charge in [0.05, 0.1) is 0 Å². The van der Waals surface area contributed by atoms with E-state index in [0.29, 0.717) is 12.1 Å². The lowest BCUT2D eigenvalue weighted by Crippen LogP contribution is -2.48. The number of hydrogen-bond acceptors (Lipinski definition) is 1. The Morgan fingerprint density at radius 3 is 2.38 bits per heavy atom. The smallest absolute Gasteiger partial charge is 0.0290 e. The van der Waals surface area contributed by atoms with Gasteiger partial charge in [-0.3, -0.25) is 4.90 Å². The average Bonchev–Trinajstić information content (AvgIpc) is 2.62. The fraction of sp³-hybridized carbons (Fsp3) is 0.304. The van der Waals surface area contributed by atoms with E-state index in [0.717, 1.165) is 13.0 Å². The number of fused-ring (bicyclic) bond motifs is 2. The van der Waals surface area contributed by atoms with E-state index in [-0.39, 0.29) is 0 Å². The van der Waals surface area contributed by atoms with Gasteiger partial charge in [-0.1, -0.05) is 79.7 Å². The van der Waals surface area contributed by atoms with E-state index < -0.39 is 0 Å². The standard InChI is InChI=1S/C23H25N/c1-18(20-11-6-3-7-12-20)21-15-22-13-8-14-23(16-21)24(22)17-19-9-4-2-5-10-19/h2-7,9-12,15,22-23H,1,8,13-14,16-17H2. The highest BCUT2D eigenvalue weighted by atomic mass is 15.2. The Bertz CT molecular complexity index is 729. The minimum Gasteiger partial charge on any atom is -0.289 e. The average molecular weight is 315 g/mol. The van der Waals surface area contributed by atoms with Gasteiger partial charge in [0.2, 0.25) is 0 Å². The zero-order chi connectivity index (χ0) is 16.4. The molecule has 4 rings (SSSR count). The summed E-state index contributed by atoms with van der Waals surface area (Å²) in [4.78, 5) is 2.71. The van der Waals surface area contributed by atoms with Crippen LogP contribution in [0, 0.1) is 0 Å². The number of benzene rings is 2. The summed E-state index contributed by atoms with van der Waals surface area (Å²) in [7, 11) is 0. The van der Waals surface area contributed by atoms with Crippen LogP contribution in [0.2, 0.25) is 0 Å². The SMILES string of the molecule is C=C(C1=CC2CCCC(C1)N2Cc1ccccc1)c1ccccc1. The van der Waals surface area contributed by atoms with Crippen molar-refractivity contribution >= 4 is 5.57 Å². The molecule has 1 fully saturated rings. The van der Waals surface area contributed by atoms with Crippen molar-refractivity contribution in [3.63, 3.8) is 0 Å². The van der Waals surface area contributed by atoms with Gasteiger partial charge in [-0.2, -0.15) is 0 Å². The van der Waals surface area contributed by atoms with Gasteiger partial charge in [0.15, 0.2) is 0 Å². The fourth-order valence-electron chi connectivity index (χ4n) is 4.21. The molecule has 0 aromatic heterocycles. The molecular formula is C23H25N. The first kappa shape index (κ1) is 15.4. The van der Waals surface area contributed by atoms with Crippen molar-refractivity contribution in [2.45, 2.75) is 44.3 Å². The molecule has 0 saturated carbocycles. The first-order valence-electron chi connectivity index (χ1n) is 9.06. The summed E-state index contributed by atoms with van der Waals surface area (Å²) in [5.74, 6) is 0. The minimum absolute atomic E-state index is 0.563. The van der Waals surface area contributed by atoms with Gasteiger partial charge in [0.1, 0.15) is 0 Å². The molecule has 2 bridgehead atoms. The van der Waals surface area contributed by atoms with Crippen molar-refractivity contribution in [2.24, 2.45) is 0 Å². The van der Waals surface area contributed by atoms with E-state index in [1.165, 1.54) is 41.5 Å². The van der Waals surface area contributed by atoms with Crippen molar-refractivity contribution in [3.05, 3.63) is 90.0 Å². The van der Waals surface area contributed by atoms with E-state index in [1.54, 1.807) is 0 Å². The molecule has 0 radical (unpaired) electrons. The van der Waals surface area contributed by atoms with Crippen molar-refractivity contribution in [3.8, 4) is 0 Å². The molecule has 0 aliphatic carbocycles. The van der Waals surface area contributed by atoms with Gasteiger partial charge in [-0.15, -0.1) is 0 Å². The van der Waals surface area contributed by atoms with Gasteiger partial charge in [-0.25, -0.2) is 0 Å². The number of piperidine rings is 1. The Morgan fingerprint density at radius 2 is 1.67 bits per heavy atom. The number of nitrogens with zero attached hydrogens (tertiary/aromatic N) is 1. The van der Waals surface area contributed by atoms with E-state index in [1.807, 2.05) is 0 Å². The van der Waals surface area contributed by atoms with Crippen LogP contribution < -0.4 is 0 Å². The van der Waals surface area contributed by atoms with Crippen LogP contribution >= 0.6 is 0 Å². The maximum atomic E-state index is 4.40. The zero-order valence-electron chi connectivity index (χ0n) is 14.2. The largest absolute Gasteiger partial charge is 0.289 e. The van der Waals surface area contributed by atoms with Crippen molar-refractivity contribution in [2.75, 3.05) is 0 Å². The number of allylic oxidation sites excluding steroid dienone is 1. The molecule has 2 unspecified atom stereocenters. The summed E-state index contributed by atoms with van der Waals surface area (Å²) < 4.78 is 0.